The van der Waals surface area contributed by atoms with Gasteiger partial charge in [0.2, 0.25) is 0 Å². The molecule has 0 saturated carbocycles. The van der Waals surface area contributed by atoms with Crippen molar-refractivity contribution in [2.24, 2.45) is 0 Å². The molecule has 0 unspecified atom stereocenters. The highest BCUT2D eigenvalue weighted by atomic mass is 35.5. The third kappa shape index (κ3) is 5.06. The lowest BCUT2D eigenvalue weighted by Gasteiger charge is -2.20. The Balaban J connectivity index is 0.00000180. The fraction of sp³-hybridized carbons (Fsp3) is 0.286. The highest BCUT2D eigenvalue weighted by Gasteiger charge is 2.05. The Morgan fingerprint density at radius 3 is 1.20 bits per heavy atom. The zero-order valence-corrected chi connectivity index (χ0v) is 12.7. The molecule has 20 heavy (non-hydrogen) atoms. The number of nitrogens with zero attached hydrogens (tertiary/aromatic N) is 2. The summed E-state index contributed by atoms with van der Waals surface area (Å²) in [6, 6.07) is 0. The Hall–Kier alpha value is -1.20. The first-order chi connectivity index (χ1) is 8.83. The molecule has 2 aliphatic heterocycles. The summed E-state index contributed by atoms with van der Waals surface area (Å²) in [5.41, 5.74) is 2.28. The minimum atomic E-state index is 0. The molecule has 2 aliphatic rings. The molecule has 0 bridgehead atoms. The first-order valence-electron chi connectivity index (χ1n) is 6.04. The van der Waals surface area contributed by atoms with Crippen molar-refractivity contribution in [2.45, 2.75) is 0 Å². The average Bonchev–Trinajstić information content (AvgIpc) is 2.41. The fourth-order valence-electron chi connectivity index (χ4n) is 1.83. The smallest absolute Gasteiger partial charge is 0.0610 e. The Bertz CT molecular complexity index is 370. The molecule has 2 N–H and O–H groups in total. The van der Waals surface area contributed by atoms with Crippen molar-refractivity contribution in [2.75, 3.05) is 26.3 Å². The van der Waals surface area contributed by atoms with E-state index >= 15 is 0 Å². The van der Waals surface area contributed by atoms with Crippen LogP contribution in [0.15, 0.2) is 60.3 Å². The van der Waals surface area contributed by atoms with Gasteiger partial charge in [-0.25, -0.2) is 0 Å². The van der Waals surface area contributed by atoms with Crippen LogP contribution in [0.4, 0.5) is 0 Å². The van der Waals surface area contributed by atoms with E-state index in [0.29, 0.717) is 13.1 Å². The molecule has 0 aromatic rings. The van der Waals surface area contributed by atoms with Gasteiger partial charge in [-0.2, -0.15) is 0 Å². The third-order valence-corrected chi connectivity index (χ3v) is 2.83. The number of aliphatic hydroxyl groups excluding tert-OH is 2. The molecule has 0 saturated heterocycles. The summed E-state index contributed by atoms with van der Waals surface area (Å²) < 4.78 is 0. The predicted octanol–water partition coefficient (Wildman–Crippen LogP) is 1.80. The van der Waals surface area contributed by atoms with Crippen LogP contribution >= 0.6 is 24.8 Å². The van der Waals surface area contributed by atoms with Gasteiger partial charge in [0.25, 0.3) is 0 Å². The van der Waals surface area contributed by atoms with Crippen LogP contribution in [-0.4, -0.2) is 46.3 Å². The van der Waals surface area contributed by atoms with Crippen molar-refractivity contribution in [1.82, 2.24) is 9.80 Å². The molecule has 0 spiro atoms. The lowest BCUT2D eigenvalue weighted by Crippen LogP contribution is -2.17. The Morgan fingerprint density at radius 1 is 0.650 bits per heavy atom. The van der Waals surface area contributed by atoms with Gasteiger partial charge in [0.15, 0.2) is 0 Å². The number of hydrogen-bond donors (Lipinski definition) is 2. The second-order valence-corrected chi connectivity index (χ2v) is 4.10. The highest BCUT2D eigenvalue weighted by Crippen LogP contribution is 2.19. The molecule has 0 amide bonds. The molecular formula is C14H20Cl2N2O2. The summed E-state index contributed by atoms with van der Waals surface area (Å²) in [6.45, 7) is 1.53. The van der Waals surface area contributed by atoms with E-state index < -0.39 is 0 Å². The van der Waals surface area contributed by atoms with Crippen molar-refractivity contribution < 1.29 is 10.2 Å². The number of aliphatic hydroxyl groups is 2. The molecule has 0 atom stereocenters. The molecule has 4 nitrogen and oxygen atoms in total. The van der Waals surface area contributed by atoms with E-state index in [0.717, 1.165) is 11.1 Å². The summed E-state index contributed by atoms with van der Waals surface area (Å²) in [5.74, 6) is 0. The largest absolute Gasteiger partial charge is 0.395 e. The number of halogens is 2. The number of β-amino-alcohol motifs (C(OH)–C–C–N with tert-alkyl or cyclic N) is 2. The van der Waals surface area contributed by atoms with Crippen molar-refractivity contribution in [3.63, 3.8) is 0 Å². The zero-order chi connectivity index (χ0) is 12.8. The standard InChI is InChI=1S/C14H18N2O2.2ClH/c17-11-9-15-5-1-13(2-6-15)14-3-7-16(8-4-14)10-12-18;;/h1-8,17-18H,9-12H2;2*1H. The second kappa shape index (κ2) is 9.66. The fourth-order valence-corrected chi connectivity index (χ4v) is 1.83. The van der Waals surface area contributed by atoms with E-state index in [2.05, 4.69) is 0 Å². The summed E-state index contributed by atoms with van der Waals surface area (Å²) >= 11 is 0. The molecule has 112 valence electrons. The summed E-state index contributed by atoms with van der Waals surface area (Å²) in [4.78, 5) is 3.89. The monoisotopic (exact) mass is 318 g/mol. The van der Waals surface area contributed by atoms with Gasteiger partial charge in [0.05, 0.1) is 13.2 Å². The SMILES string of the molecule is Cl.Cl.OCCN1C=CC(=C2C=CN(CCO)C=C2)C=C1. The van der Waals surface area contributed by atoms with Crippen molar-refractivity contribution in [3.8, 4) is 0 Å². The van der Waals surface area contributed by atoms with Gasteiger partial charge in [-0.05, 0) is 35.5 Å². The minimum absolute atomic E-state index is 0. The van der Waals surface area contributed by atoms with Crippen molar-refractivity contribution in [3.05, 3.63) is 60.3 Å². The number of allylic oxidation sites excluding steroid dienone is 6. The van der Waals surface area contributed by atoms with Crippen LogP contribution in [0, 0.1) is 0 Å². The van der Waals surface area contributed by atoms with Gasteiger partial charge in [0.1, 0.15) is 0 Å². The van der Waals surface area contributed by atoms with Crippen LogP contribution in [0.5, 0.6) is 0 Å². The van der Waals surface area contributed by atoms with E-state index in [-0.39, 0.29) is 38.0 Å². The lowest BCUT2D eigenvalue weighted by molar-refractivity contribution is 0.262. The van der Waals surface area contributed by atoms with E-state index in [1.54, 1.807) is 0 Å². The number of hydrogen-bond acceptors (Lipinski definition) is 4. The Labute approximate surface area is 131 Å². The number of rotatable bonds is 4. The maximum Gasteiger partial charge on any atom is 0.0610 e. The summed E-state index contributed by atoms with van der Waals surface area (Å²) in [7, 11) is 0. The molecule has 0 aliphatic carbocycles. The van der Waals surface area contributed by atoms with Crippen LogP contribution < -0.4 is 0 Å². The van der Waals surface area contributed by atoms with Gasteiger partial charge in [-0.1, -0.05) is 0 Å². The van der Waals surface area contributed by atoms with Crippen molar-refractivity contribution >= 4 is 24.8 Å². The predicted molar refractivity (Wildman–Crippen MR) is 85.7 cm³/mol. The summed E-state index contributed by atoms with van der Waals surface area (Å²) in [5, 5.41) is 17.7. The molecule has 0 aromatic carbocycles. The highest BCUT2D eigenvalue weighted by molar-refractivity contribution is 5.85. The van der Waals surface area contributed by atoms with Crippen LogP contribution in [0.2, 0.25) is 0 Å². The van der Waals surface area contributed by atoms with E-state index in [1.807, 2.05) is 58.9 Å². The topological polar surface area (TPSA) is 46.9 Å². The minimum Gasteiger partial charge on any atom is -0.395 e. The van der Waals surface area contributed by atoms with Crippen molar-refractivity contribution in [1.29, 1.82) is 0 Å². The zero-order valence-electron chi connectivity index (χ0n) is 11.1. The Morgan fingerprint density at radius 2 is 0.950 bits per heavy atom. The van der Waals surface area contributed by atoms with Crippen LogP contribution in [0.3, 0.4) is 0 Å². The maximum absolute atomic E-state index is 8.84. The molecular weight excluding hydrogens is 299 g/mol. The normalized spacial score (nSPS) is 16.3. The third-order valence-electron chi connectivity index (χ3n) is 2.83. The first kappa shape index (κ1) is 18.8. The molecule has 0 aromatic heterocycles. The van der Waals surface area contributed by atoms with Gasteiger partial charge in [0, 0.05) is 37.9 Å². The van der Waals surface area contributed by atoms with Crippen LogP contribution in [0.1, 0.15) is 0 Å². The van der Waals surface area contributed by atoms with Gasteiger partial charge < -0.3 is 20.0 Å². The van der Waals surface area contributed by atoms with E-state index in [1.165, 1.54) is 0 Å². The molecule has 2 heterocycles. The lowest BCUT2D eigenvalue weighted by atomic mass is 10.0. The van der Waals surface area contributed by atoms with Gasteiger partial charge >= 0.3 is 0 Å². The second-order valence-electron chi connectivity index (χ2n) is 4.10. The molecule has 0 radical (unpaired) electrons. The Kier molecular flexibility index (Phi) is 9.08. The molecule has 6 heteroatoms. The first-order valence-corrected chi connectivity index (χ1v) is 6.04. The van der Waals surface area contributed by atoms with Gasteiger partial charge in [-0.15, -0.1) is 24.8 Å². The average molecular weight is 319 g/mol. The van der Waals surface area contributed by atoms with Crippen LogP contribution in [0.25, 0.3) is 0 Å². The van der Waals surface area contributed by atoms with E-state index in [4.69, 9.17) is 10.2 Å². The van der Waals surface area contributed by atoms with Gasteiger partial charge in [-0.3, -0.25) is 0 Å². The summed E-state index contributed by atoms with van der Waals surface area (Å²) in [6.07, 6.45) is 16.0. The maximum atomic E-state index is 8.84. The molecule has 0 fully saturated rings. The van der Waals surface area contributed by atoms with Crippen LogP contribution in [-0.2, 0) is 0 Å². The van der Waals surface area contributed by atoms with E-state index in [9.17, 15) is 0 Å². The quantitative estimate of drug-likeness (QED) is 0.829. The molecule has 2 rings (SSSR count).